The Bertz CT molecular complexity index is 565. The first-order valence-corrected chi connectivity index (χ1v) is 7.57. The number of carboxylic acids is 1. The Labute approximate surface area is 133 Å². The van der Waals surface area contributed by atoms with Gasteiger partial charge in [0.1, 0.15) is 0 Å². The van der Waals surface area contributed by atoms with Crippen LogP contribution in [0, 0.1) is 20.2 Å². The van der Waals surface area contributed by atoms with Crippen molar-refractivity contribution in [2.75, 3.05) is 0 Å². The number of nitrogens with zero attached hydrogens (tertiary/aromatic N) is 2. The van der Waals surface area contributed by atoms with E-state index < -0.39 is 27.2 Å². The molecule has 0 spiro atoms. The average molecular weight is 324 g/mol. The predicted octanol–water partition coefficient (Wildman–Crippen LogP) is 4.10. The number of hydrogen-bond acceptors (Lipinski definition) is 5. The molecule has 0 aliphatic carbocycles. The quantitative estimate of drug-likeness (QED) is 0.392. The summed E-state index contributed by atoms with van der Waals surface area (Å²) in [6, 6.07) is 1.72. The van der Waals surface area contributed by atoms with Crippen molar-refractivity contribution in [1.29, 1.82) is 0 Å². The van der Waals surface area contributed by atoms with E-state index in [1.54, 1.807) is 0 Å². The third-order valence-corrected chi connectivity index (χ3v) is 3.63. The first kappa shape index (κ1) is 18.5. The highest BCUT2D eigenvalue weighted by molar-refractivity contribution is 5.91. The van der Waals surface area contributed by atoms with Gasteiger partial charge in [-0.2, -0.15) is 0 Å². The first-order valence-electron chi connectivity index (χ1n) is 7.57. The van der Waals surface area contributed by atoms with Gasteiger partial charge >= 0.3 is 5.97 Å². The van der Waals surface area contributed by atoms with Gasteiger partial charge in [-0.25, -0.2) is 4.79 Å². The molecule has 1 rings (SSSR count). The maximum atomic E-state index is 11.3. The van der Waals surface area contributed by atoms with Gasteiger partial charge in [-0.05, 0) is 12.8 Å². The molecule has 0 aliphatic rings. The summed E-state index contributed by atoms with van der Waals surface area (Å²) in [4.78, 5) is 31.7. The highest BCUT2D eigenvalue weighted by Crippen LogP contribution is 2.30. The van der Waals surface area contributed by atoms with E-state index in [0.29, 0.717) is 6.42 Å². The summed E-state index contributed by atoms with van der Waals surface area (Å²) >= 11 is 0. The van der Waals surface area contributed by atoms with Gasteiger partial charge in [-0.15, -0.1) is 0 Å². The lowest BCUT2D eigenvalue weighted by atomic mass is 9.98. The van der Waals surface area contributed by atoms with E-state index in [-0.39, 0.29) is 17.5 Å². The third-order valence-electron chi connectivity index (χ3n) is 3.63. The fourth-order valence-electron chi connectivity index (χ4n) is 2.45. The normalized spacial score (nSPS) is 10.5. The average Bonchev–Trinajstić information content (AvgIpc) is 2.49. The van der Waals surface area contributed by atoms with Crippen LogP contribution in [-0.2, 0) is 6.42 Å². The van der Waals surface area contributed by atoms with Gasteiger partial charge in [0.25, 0.3) is 11.4 Å². The zero-order valence-corrected chi connectivity index (χ0v) is 13.0. The van der Waals surface area contributed by atoms with Gasteiger partial charge in [0.05, 0.1) is 21.5 Å². The molecule has 23 heavy (non-hydrogen) atoms. The van der Waals surface area contributed by atoms with Crippen LogP contribution in [0.25, 0.3) is 0 Å². The summed E-state index contributed by atoms with van der Waals surface area (Å²) in [5.74, 6) is -1.39. The van der Waals surface area contributed by atoms with Crippen molar-refractivity contribution in [3.8, 4) is 0 Å². The summed E-state index contributed by atoms with van der Waals surface area (Å²) in [5.41, 5.74) is -1.38. The summed E-state index contributed by atoms with van der Waals surface area (Å²) in [5, 5.41) is 31.2. The molecule has 0 saturated carbocycles. The molecule has 8 heteroatoms. The topological polar surface area (TPSA) is 124 Å². The van der Waals surface area contributed by atoms with Crippen molar-refractivity contribution in [3.63, 3.8) is 0 Å². The molecule has 1 aromatic carbocycles. The number of carboxylic acid groups (broad SMARTS) is 1. The molecule has 0 aromatic heterocycles. The molecular formula is C15H20N2O6. The van der Waals surface area contributed by atoms with E-state index in [1.807, 2.05) is 0 Å². The second-order valence-electron chi connectivity index (χ2n) is 5.33. The van der Waals surface area contributed by atoms with Crippen molar-refractivity contribution < 1.29 is 19.7 Å². The van der Waals surface area contributed by atoms with Gasteiger partial charge in [0.2, 0.25) is 0 Å². The number of rotatable bonds is 10. The van der Waals surface area contributed by atoms with Crippen LogP contribution in [0.2, 0.25) is 0 Å². The van der Waals surface area contributed by atoms with Gasteiger partial charge in [0.15, 0.2) is 0 Å². The molecule has 1 N–H and O–H groups in total. The molecule has 1 aromatic rings. The number of unbranched alkanes of at least 4 members (excludes halogenated alkanes) is 5. The molecule has 0 bridgehead atoms. The van der Waals surface area contributed by atoms with Crippen molar-refractivity contribution in [2.45, 2.75) is 51.9 Å². The Hall–Kier alpha value is -2.51. The minimum absolute atomic E-state index is 0.0589. The second-order valence-corrected chi connectivity index (χ2v) is 5.33. The van der Waals surface area contributed by atoms with E-state index in [9.17, 15) is 30.1 Å². The molecule has 0 atom stereocenters. The van der Waals surface area contributed by atoms with E-state index in [1.165, 1.54) is 0 Å². The molecule has 0 fully saturated rings. The lowest BCUT2D eigenvalue weighted by molar-refractivity contribution is -0.394. The maximum absolute atomic E-state index is 11.3. The Balaban J connectivity index is 3.00. The van der Waals surface area contributed by atoms with Crippen LogP contribution in [0.4, 0.5) is 11.4 Å². The molecule has 0 saturated heterocycles. The first-order chi connectivity index (χ1) is 10.9. The van der Waals surface area contributed by atoms with Crippen LogP contribution in [0.15, 0.2) is 12.1 Å². The second kappa shape index (κ2) is 8.82. The Morgan fingerprint density at radius 2 is 1.65 bits per heavy atom. The zero-order valence-electron chi connectivity index (χ0n) is 13.0. The van der Waals surface area contributed by atoms with E-state index in [2.05, 4.69) is 6.92 Å². The number of nitro benzene ring substituents is 2. The lowest BCUT2D eigenvalue weighted by Gasteiger charge is -2.07. The number of non-ortho nitro benzene ring substituents is 1. The fourth-order valence-corrected chi connectivity index (χ4v) is 2.45. The predicted molar refractivity (Wildman–Crippen MR) is 83.8 cm³/mol. The summed E-state index contributed by atoms with van der Waals surface area (Å²) in [7, 11) is 0. The van der Waals surface area contributed by atoms with Crippen LogP contribution in [0.3, 0.4) is 0 Å². The number of benzene rings is 1. The third kappa shape index (κ3) is 5.32. The van der Waals surface area contributed by atoms with Crippen molar-refractivity contribution in [1.82, 2.24) is 0 Å². The van der Waals surface area contributed by atoms with Crippen LogP contribution in [0.5, 0.6) is 0 Å². The van der Waals surface area contributed by atoms with Crippen LogP contribution < -0.4 is 0 Å². The molecule has 0 radical (unpaired) electrons. The van der Waals surface area contributed by atoms with Crippen LogP contribution >= 0.6 is 0 Å². The van der Waals surface area contributed by atoms with Gasteiger partial charge in [-0.3, -0.25) is 20.2 Å². The monoisotopic (exact) mass is 324 g/mol. The van der Waals surface area contributed by atoms with Crippen molar-refractivity contribution in [2.24, 2.45) is 0 Å². The van der Waals surface area contributed by atoms with Gasteiger partial charge in [0, 0.05) is 11.6 Å². The highest BCUT2D eigenvalue weighted by atomic mass is 16.6. The molecule has 8 nitrogen and oxygen atoms in total. The van der Waals surface area contributed by atoms with Crippen molar-refractivity contribution in [3.05, 3.63) is 43.5 Å². The zero-order chi connectivity index (χ0) is 17.4. The Morgan fingerprint density at radius 3 is 2.17 bits per heavy atom. The standard InChI is InChI=1S/C15H20N2O6/c1-2-3-4-5-6-7-8-12-13(15(18)19)9-11(16(20)21)10-14(12)17(22)23/h9-10H,2-8H2,1H3,(H,18,19). The summed E-state index contributed by atoms with van der Waals surface area (Å²) in [6.45, 7) is 2.10. The molecule has 0 heterocycles. The SMILES string of the molecule is CCCCCCCCc1c(C(=O)O)cc([N+](=O)[O-])cc1[N+](=O)[O-]. The minimum Gasteiger partial charge on any atom is -0.478 e. The van der Waals surface area contributed by atoms with E-state index >= 15 is 0 Å². The van der Waals surface area contributed by atoms with Crippen LogP contribution in [0.1, 0.15) is 61.4 Å². The number of carbonyl (C=O) groups is 1. The molecule has 0 unspecified atom stereocenters. The Kier molecular flexibility index (Phi) is 7.11. The molecular weight excluding hydrogens is 304 g/mol. The maximum Gasteiger partial charge on any atom is 0.336 e. The van der Waals surface area contributed by atoms with Crippen LogP contribution in [-0.4, -0.2) is 20.9 Å². The van der Waals surface area contributed by atoms with E-state index in [4.69, 9.17) is 0 Å². The van der Waals surface area contributed by atoms with E-state index in [0.717, 1.165) is 44.2 Å². The Morgan fingerprint density at radius 1 is 1.04 bits per heavy atom. The number of nitro groups is 2. The summed E-state index contributed by atoms with van der Waals surface area (Å²) in [6.07, 6.45) is 5.97. The number of aromatic carboxylic acids is 1. The minimum atomic E-state index is -1.39. The smallest absolute Gasteiger partial charge is 0.336 e. The molecule has 0 aliphatic heterocycles. The largest absolute Gasteiger partial charge is 0.478 e. The lowest BCUT2D eigenvalue weighted by Crippen LogP contribution is -2.08. The summed E-state index contributed by atoms with van der Waals surface area (Å²) < 4.78 is 0. The van der Waals surface area contributed by atoms with Gasteiger partial charge in [-0.1, -0.05) is 39.0 Å². The number of hydrogen-bond donors (Lipinski definition) is 1. The van der Waals surface area contributed by atoms with Gasteiger partial charge < -0.3 is 5.11 Å². The molecule has 126 valence electrons. The fraction of sp³-hybridized carbons (Fsp3) is 0.533. The van der Waals surface area contributed by atoms with Crippen molar-refractivity contribution >= 4 is 17.3 Å². The highest BCUT2D eigenvalue weighted by Gasteiger charge is 2.26. The molecule has 0 amide bonds.